The number of rotatable bonds is 3. The van der Waals surface area contributed by atoms with E-state index >= 15 is 0 Å². The third-order valence-electron chi connectivity index (χ3n) is 2.09. The lowest BCUT2D eigenvalue weighted by atomic mass is 10.0. The number of benzene rings is 1. The summed E-state index contributed by atoms with van der Waals surface area (Å²) in [5.41, 5.74) is 6.52. The zero-order valence-corrected chi connectivity index (χ0v) is 8.87. The van der Waals surface area contributed by atoms with Crippen LogP contribution in [0.15, 0.2) is 24.3 Å². The summed E-state index contributed by atoms with van der Waals surface area (Å²) in [7, 11) is 0. The minimum atomic E-state index is -0.554. The van der Waals surface area contributed by atoms with Crippen LogP contribution in [0.1, 0.15) is 24.9 Å². The Morgan fingerprint density at radius 1 is 1.43 bits per heavy atom. The first-order valence-corrected chi connectivity index (χ1v) is 4.37. The highest BCUT2D eigenvalue weighted by Crippen LogP contribution is 2.20. The zero-order valence-electron chi connectivity index (χ0n) is 8.05. The summed E-state index contributed by atoms with van der Waals surface area (Å²) in [5.74, 6) is 0.177. The van der Waals surface area contributed by atoms with Crippen molar-refractivity contribution in [2.45, 2.75) is 25.5 Å². The first kappa shape index (κ1) is 13.2. The molecular weight excluding hydrogens is 202 g/mol. The lowest BCUT2D eigenvalue weighted by Crippen LogP contribution is -2.25. The van der Waals surface area contributed by atoms with Gasteiger partial charge in [-0.1, -0.05) is 19.1 Å². The van der Waals surface area contributed by atoms with Gasteiger partial charge in [-0.25, -0.2) is 0 Å². The summed E-state index contributed by atoms with van der Waals surface area (Å²) in [6.45, 7) is 1.87. The Hall–Kier alpha value is -0.770. The molecule has 0 radical (unpaired) electrons. The van der Waals surface area contributed by atoms with Gasteiger partial charge in [-0.05, 0) is 24.1 Å². The van der Waals surface area contributed by atoms with Gasteiger partial charge in [-0.3, -0.25) is 0 Å². The average Bonchev–Trinajstić information content (AvgIpc) is 2.15. The Morgan fingerprint density at radius 2 is 2.07 bits per heavy atom. The molecule has 80 valence electrons. The molecule has 3 nitrogen and oxygen atoms in total. The van der Waals surface area contributed by atoms with E-state index in [1.807, 2.05) is 6.92 Å². The number of aliphatic hydroxyl groups excluding tert-OH is 1. The molecule has 0 heterocycles. The number of aliphatic hydroxyl groups is 1. The predicted molar refractivity (Wildman–Crippen MR) is 58.6 cm³/mol. The van der Waals surface area contributed by atoms with Gasteiger partial charge < -0.3 is 15.9 Å². The summed E-state index contributed by atoms with van der Waals surface area (Å²) in [6.07, 6.45) is 0.0541. The number of hydrogen-bond acceptors (Lipinski definition) is 3. The van der Waals surface area contributed by atoms with Crippen LogP contribution in [0.3, 0.4) is 0 Å². The molecule has 4 heteroatoms. The van der Waals surface area contributed by atoms with Gasteiger partial charge in [-0.15, -0.1) is 12.4 Å². The topological polar surface area (TPSA) is 66.5 Å². The third-order valence-corrected chi connectivity index (χ3v) is 2.09. The average molecular weight is 218 g/mol. The van der Waals surface area contributed by atoms with Crippen LogP contribution in [0.4, 0.5) is 0 Å². The van der Waals surface area contributed by atoms with Gasteiger partial charge in [0.15, 0.2) is 0 Å². The largest absolute Gasteiger partial charge is 0.508 e. The molecule has 0 bridgehead atoms. The second-order valence-electron chi connectivity index (χ2n) is 3.10. The maximum Gasteiger partial charge on any atom is 0.115 e. The fourth-order valence-corrected chi connectivity index (χ4v) is 1.21. The van der Waals surface area contributed by atoms with Gasteiger partial charge in [0, 0.05) is 0 Å². The van der Waals surface area contributed by atoms with Crippen LogP contribution in [0, 0.1) is 0 Å². The quantitative estimate of drug-likeness (QED) is 0.720. The van der Waals surface area contributed by atoms with Crippen LogP contribution in [-0.2, 0) is 0 Å². The van der Waals surface area contributed by atoms with E-state index < -0.39 is 12.1 Å². The van der Waals surface area contributed by atoms with Crippen molar-refractivity contribution < 1.29 is 10.2 Å². The highest BCUT2D eigenvalue weighted by atomic mass is 35.5. The van der Waals surface area contributed by atoms with E-state index in [4.69, 9.17) is 5.73 Å². The second kappa shape index (κ2) is 5.86. The normalized spacial score (nSPS) is 14.2. The molecular formula is C10H16ClNO2. The molecule has 0 saturated heterocycles. The zero-order chi connectivity index (χ0) is 9.84. The van der Waals surface area contributed by atoms with Crippen LogP contribution < -0.4 is 5.73 Å². The maximum atomic E-state index is 9.46. The SMILES string of the molecule is CC[C@H](O)[C@H](N)c1cccc(O)c1.Cl. The van der Waals surface area contributed by atoms with E-state index in [2.05, 4.69) is 0 Å². The summed E-state index contributed by atoms with van der Waals surface area (Å²) >= 11 is 0. The van der Waals surface area contributed by atoms with Crippen molar-refractivity contribution in [2.24, 2.45) is 5.73 Å². The standard InChI is InChI=1S/C10H15NO2.ClH/c1-2-9(13)10(11)7-4-3-5-8(12)6-7;/h3-6,9-10,12-13H,2,11H2,1H3;1H/t9-,10+;/m0./s1. The molecule has 0 aromatic heterocycles. The summed E-state index contributed by atoms with van der Waals surface area (Å²) in [6, 6.07) is 6.24. The highest BCUT2D eigenvalue weighted by molar-refractivity contribution is 5.85. The minimum Gasteiger partial charge on any atom is -0.508 e. The Labute approximate surface area is 90.0 Å². The van der Waals surface area contributed by atoms with Crippen molar-refractivity contribution in [1.82, 2.24) is 0 Å². The number of nitrogens with two attached hydrogens (primary N) is 1. The number of phenols is 1. The Morgan fingerprint density at radius 3 is 2.57 bits per heavy atom. The molecule has 0 aliphatic carbocycles. The molecule has 0 spiro atoms. The molecule has 0 saturated carbocycles. The van der Waals surface area contributed by atoms with E-state index in [9.17, 15) is 10.2 Å². The van der Waals surface area contributed by atoms with Crippen LogP contribution in [-0.4, -0.2) is 16.3 Å². The van der Waals surface area contributed by atoms with Crippen molar-refractivity contribution in [3.63, 3.8) is 0 Å². The molecule has 0 aliphatic heterocycles. The highest BCUT2D eigenvalue weighted by Gasteiger charge is 2.14. The number of phenolic OH excluding ortho intramolecular Hbond substituents is 1. The Bertz CT molecular complexity index is 281. The van der Waals surface area contributed by atoms with Crippen LogP contribution >= 0.6 is 12.4 Å². The van der Waals surface area contributed by atoms with Crippen molar-refractivity contribution in [1.29, 1.82) is 0 Å². The number of hydrogen-bond donors (Lipinski definition) is 3. The molecule has 14 heavy (non-hydrogen) atoms. The number of halogens is 1. The molecule has 1 aromatic rings. The second-order valence-corrected chi connectivity index (χ2v) is 3.10. The van der Waals surface area contributed by atoms with Crippen LogP contribution in [0.2, 0.25) is 0 Å². The first-order chi connectivity index (χ1) is 6.15. The van der Waals surface area contributed by atoms with Gasteiger partial charge in [0.05, 0.1) is 12.1 Å². The lowest BCUT2D eigenvalue weighted by molar-refractivity contribution is 0.140. The van der Waals surface area contributed by atoms with Crippen molar-refractivity contribution in [2.75, 3.05) is 0 Å². The van der Waals surface area contributed by atoms with Gasteiger partial charge in [0.2, 0.25) is 0 Å². The van der Waals surface area contributed by atoms with Crippen LogP contribution in [0.5, 0.6) is 5.75 Å². The first-order valence-electron chi connectivity index (χ1n) is 4.37. The van der Waals surface area contributed by atoms with Gasteiger partial charge in [0.1, 0.15) is 5.75 Å². The Kier molecular flexibility index (Phi) is 5.53. The lowest BCUT2D eigenvalue weighted by Gasteiger charge is -2.17. The van der Waals surface area contributed by atoms with E-state index in [1.54, 1.807) is 24.3 Å². The molecule has 1 aromatic carbocycles. The molecule has 2 atom stereocenters. The summed E-state index contributed by atoms with van der Waals surface area (Å²) in [4.78, 5) is 0. The van der Waals surface area contributed by atoms with E-state index in [1.165, 1.54) is 0 Å². The van der Waals surface area contributed by atoms with Crippen LogP contribution in [0.25, 0.3) is 0 Å². The molecule has 0 unspecified atom stereocenters. The molecule has 0 aliphatic rings. The number of aromatic hydroxyl groups is 1. The molecule has 4 N–H and O–H groups in total. The van der Waals surface area contributed by atoms with Crippen molar-refractivity contribution >= 4 is 12.4 Å². The monoisotopic (exact) mass is 217 g/mol. The smallest absolute Gasteiger partial charge is 0.115 e. The van der Waals surface area contributed by atoms with Crippen molar-refractivity contribution in [3.05, 3.63) is 29.8 Å². The third kappa shape index (κ3) is 3.18. The van der Waals surface area contributed by atoms with E-state index in [0.717, 1.165) is 5.56 Å². The molecule has 0 amide bonds. The fourth-order valence-electron chi connectivity index (χ4n) is 1.21. The van der Waals surface area contributed by atoms with Crippen molar-refractivity contribution in [3.8, 4) is 5.75 Å². The summed E-state index contributed by atoms with van der Waals surface area (Å²) < 4.78 is 0. The molecule has 1 rings (SSSR count). The van der Waals surface area contributed by atoms with E-state index in [-0.39, 0.29) is 18.2 Å². The van der Waals surface area contributed by atoms with Gasteiger partial charge in [0.25, 0.3) is 0 Å². The predicted octanol–water partition coefficient (Wildman–Crippen LogP) is 1.58. The summed E-state index contributed by atoms with van der Waals surface area (Å²) in [5, 5.41) is 18.6. The van der Waals surface area contributed by atoms with E-state index in [0.29, 0.717) is 6.42 Å². The fraction of sp³-hybridized carbons (Fsp3) is 0.400. The van der Waals surface area contributed by atoms with Gasteiger partial charge >= 0.3 is 0 Å². The molecule has 0 fully saturated rings. The maximum absolute atomic E-state index is 9.46. The minimum absolute atomic E-state index is 0. The van der Waals surface area contributed by atoms with Gasteiger partial charge in [-0.2, -0.15) is 0 Å². The Balaban J connectivity index is 0.00000169.